The van der Waals surface area contributed by atoms with Gasteiger partial charge in [-0.25, -0.2) is 0 Å². The Labute approximate surface area is 253 Å². The Bertz CT molecular complexity index is 1800. The molecule has 6 aromatic rings. The molecule has 0 heterocycles. The Balaban J connectivity index is 0.000000168. The Kier molecular flexibility index (Phi) is 9.23. The fraction of sp³-hybridized carbons (Fsp3) is 0.238. The van der Waals surface area contributed by atoms with Gasteiger partial charge in [-0.1, -0.05) is 145 Å². The lowest BCUT2D eigenvalue weighted by atomic mass is 9.94. The van der Waals surface area contributed by atoms with Gasteiger partial charge in [0.15, 0.2) is 0 Å². The molecule has 42 heavy (non-hydrogen) atoms. The highest BCUT2D eigenvalue weighted by Crippen LogP contribution is 2.26. The highest BCUT2D eigenvalue weighted by Gasteiger charge is 2.06. The summed E-state index contributed by atoms with van der Waals surface area (Å²) in [6.07, 6.45) is 4.19. The zero-order chi connectivity index (χ0) is 29.6. The third-order valence-electron chi connectivity index (χ3n) is 8.28. The highest BCUT2D eigenvalue weighted by atomic mass is 14.1. The average molecular weight is 549 g/mol. The molecule has 0 aromatic heterocycles. The predicted molar refractivity (Wildman–Crippen MR) is 184 cm³/mol. The smallest absolute Gasteiger partial charge is 0.00194 e. The predicted octanol–water partition coefficient (Wildman–Crippen LogP) is 11.2. The SMILES string of the molecule is CCc1ccc2c(Cc3cc(C)cc(C)c3)cccc2c1.CCc1cccc2c(Cc3cc(C)cc(C)c3)cccc12. The van der Waals surface area contributed by atoms with Crippen LogP contribution in [0, 0.1) is 27.7 Å². The van der Waals surface area contributed by atoms with E-state index in [9.17, 15) is 0 Å². The summed E-state index contributed by atoms with van der Waals surface area (Å²) in [5.41, 5.74) is 13.9. The fourth-order valence-corrected chi connectivity index (χ4v) is 6.46. The Morgan fingerprint density at radius 3 is 1.38 bits per heavy atom. The molecule has 0 radical (unpaired) electrons. The summed E-state index contributed by atoms with van der Waals surface area (Å²) < 4.78 is 0. The molecular weight excluding hydrogens is 504 g/mol. The molecule has 0 fully saturated rings. The van der Waals surface area contributed by atoms with Gasteiger partial charge in [-0.3, -0.25) is 0 Å². The molecule has 0 nitrogen and oxygen atoms in total. The third-order valence-corrected chi connectivity index (χ3v) is 8.28. The van der Waals surface area contributed by atoms with Crippen LogP contribution in [0.15, 0.2) is 109 Å². The van der Waals surface area contributed by atoms with Gasteiger partial charge in [0.1, 0.15) is 0 Å². The number of hydrogen-bond donors (Lipinski definition) is 0. The van der Waals surface area contributed by atoms with Crippen molar-refractivity contribution in [2.24, 2.45) is 0 Å². The van der Waals surface area contributed by atoms with E-state index in [-0.39, 0.29) is 0 Å². The van der Waals surface area contributed by atoms with Crippen LogP contribution in [0.4, 0.5) is 0 Å². The topological polar surface area (TPSA) is 0 Å². The lowest BCUT2D eigenvalue weighted by molar-refractivity contribution is 1.14. The van der Waals surface area contributed by atoms with E-state index in [2.05, 4.69) is 151 Å². The molecule has 0 bridgehead atoms. The minimum atomic E-state index is 1.01. The van der Waals surface area contributed by atoms with Crippen LogP contribution in [-0.2, 0) is 25.7 Å². The monoisotopic (exact) mass is 548 g/mol. The molecular formula is C42H44. The summed E-state index contributed by atoms with van der Waals surface area (Å²) in [4.78, 5) is 0. The Hall–Kier alpha value is -4.16. The first-order valence-electron chi connectivity index (χ1n) is 15.5. The minimum Gasteiger partial charge on any atom is -0.0613 e. The van der Waals surface area contributed by atoms with Gasteiger partial charge in [-0.05, 0) is 108 Å². The van der Waals surface area contributed by atoms with E-state index in [1.165, 1.54) is 77.2 Å². The second-order valence-corrected chi connectivity index (χ2v) is 12.0. The molecule has 0 N–H and O–H groups in total. The maximum absolute atomic E-state index is 2.32. The van der Waals surface area contributed by atoms with Gasteiger partial charge in [0.2, 0.25) is 0 Å². The highest BCUT2D eigenvalue weighted by molar-refractivity contribution is 5.89. The molecule has 0 aliphatic heterocycles. The van der Waals surface area contributed by atoms with E-state index in [0.717, 1.165) is 25.7 Å². The van der Waals surface area contributed by atoms with Crippen molar-refractivity contribution in [3.63, 3.8) is 0 Å². The van der Waals surface area contributed by atoms with Gasteiger partial charge in [0.25, 0.3) is 0 Å². The molecule has 0 amide bonds. The molecule has 0 unspecified atom stereocenters. The summed E-state index contributed by atoms with van der Waals surface area (Å²) in [6, 6.07) is 40.6. The maximum atomic E-state index is 2.32. The summed E-state index contributed by atoms with van der Waals surface area (Å²) in [5, 5.41) is 5.54. The number of fused-ring (bicyclic) bond motifs is 2. The lowest BCUT2D eigenvalue weighted by Gasteiger charge is -2.11. The summed E-state index contributed by atoms with van der Waals surface area (Å²) >= 11 is 0. The second-order valence-electron chi connectivity index (χ2n) is 12.0. The first-order valence-corrected chi connectivity index (χ1v) is 15.5. The van der Waals surface area contributed by atoms with E-state index in [1.54, 1.807) is 0 Å². The van der Waals surface area contributed by atoms with E-state index >= 15 is 0 Å². The molecule has 0 aliphatic carbocycles. The number of rotatable bonds is 6. The van der Waals surface area contributed by atoms with Gasteiger partial charge in [0.05, 0.1) is 0 Å². The van der Waals surface area contributed by atoms with Gasteiger partial charge in [-0.15, -0.1) is 0 Å². The van der Waals surface area contributed by atoms with Gasteiger partial charge >= 0.3 is 0 Å². The first kappa shape index (κ1) is 29.3. The second kappa shape index (κ2) is 13.2. The van der Waals surface area contributed by atoms with Gasteiger partial charge in [0, 0.05) is 0 Å². The van der Waals surface area contributed by atoms with Gasteiger partial charge in [-0.2, -0.15) is 0 Å². The van der Waals surface area contributed by atoms with Crippen molar-refractivity contribution in [2.45, 2.75) is 67.2 Å². The van der Waals surface area contributed by atoms with Crippen LogP contribution < -0.4 is 0 Å². The van der Waals surface area contributed by atoms with Crippen LogP contribution >= 0.6 is 0 Å². The summed E-state index contributed by atoms with van der Waals surface area (Å²) in [7, 11) is 0. The zero-order valence-corrected chi connectivity index (χ0v) is 26.2. The lowest BCUT2D eigenvalue weighted by Crippen LogP contribution is -1.93. The molecule has 0 saturated carbocycles. The van der Waals surface area contributed by atoms with Crippen LogP contribution in [0.3, 0.4) is 0 Å². The van der Waals surface area contributed by atoms with Crippen molar-refractivity contribution in [1.29, 1.82) is 0 Å². The van der Waals surface area contributed by atoms with Crippen LogP contribution in [0.1, 0.15) is 69.5 Å². The van der Waals surface area contributed by atoms with Crippen LogP contribution in [0.25, 0.3) is 21.5 Å². The van der Waals surface area contributed by atoms with Crippen LogP contribution in [0.2, 0.25) is 0 Å². The normalized spacial score (nSPS) is 11.0. The zero-order valence-electron chi connectivity index (χ0n) is 26.2. The maximum Gasteiger partial charge on any atom is -0.00194 e. The van der Waals surface area contributed by atoms with Gasteiger partial charge < -0.3 is 0 Å². The van der Waals surface area contributed by atoms with Crippen LogP contribution in [-0.4, -0.2) is 0 Å². The molecule has 6 rings (SSSR count). The first-order chi connectivity index (χ1) is 20.3. The van der Waals surface area contributed by atoms with Crippen molar-refractivity contribution < 1.29 is 0 Å². The quantitative estimate of drug-likeness (QED) is 0.194. The Morgan fingerprint density at radius 1 is 0.381 bits per heavy atom. The molecule has 0 heteroatoms. The summed E-state index contributed by atoms with van der Waals surface area (Å²) in [6.45, 7) is 13.1. The van der Waals surface area contributed by atoms with E-state index in [4.69, 9.17) is 0 Å². The van der Waals surface area contributed by atoms with E-state index < -0.39 is 0 Å². The van der Waals surface area contributed by atoms with Crippen molar-refractivity contribution in [1.82, 2.24) is 0 Å². The minimum absolute atomic E-state index is 1.01. The van der Waals surface area contributed by atoms with E-state index in [1.807, 2.05) is 0 Å². The molecule has 6 aromatic carbocycles. The van der Waals surface area contributed by atoms with Crippen molar-refractivity contribution >= 4 is 21.5 Å². The summed E-state index contributed by atoms with van der Waals surface area (Å²) in [5.74, 6) is 0. The largest absolute Gasteiger partial charge is 0.0613 e. The third kappa shape index (κ3) is 7.00. The molecule has 212 valence electrons. The molecule has 0 spiro atoms. The number of benzene rings is 6. The average Bonchev–Trinajstić information content (AvgIpc) is 2.96. The van der Waals surface area contributed by atoms with Crippen molar-refractivity contribution in [3.05, 3.63) is 165 Å². The molecule has 0 saturated heterocycles. The van der Waals surface area contributed by atoms with Crippen molar-refractivity contribution in [3.8, 4) is 0 Å². The fourth-order valence-electron chi connectivity index (χ4n) is 6.46. The molecule has 0 atom stereocenters. The number of aryl methyl sites for hydroxylation is 6. The van der Waals surface area contributed by atoms with Crippen molar-refractivity contribution in [2.75, 3.05) is 0 Å². The van der Waals surface area contributed by atoms with E-state index in [0.29, 0.717) is 0 Å². The standard InChI is InChI=1S/2C21H22/c1-4-18-7-5-10-21-19(8-6-9-20(18)21)14-17-12-15(2)11-16(3)13-17;1-4-17-8-9-21-19(13-17)6-5-7-20(21)14-18-11-15(2)10-16(3)12-18/h2*5-13H,4,14H2,1-3H3. The molecule has 0 aliphatic rings. The number of hydrogen-bond acceptors (Lipinski definition) is 0. The van der Waals surface area contributed by atoms with Crippen LogP contribution in [0.5, 0.6) is 0 Å². The Morgan fingerprint density at radius 2 is 0.857 bits per heavy atom.